The molecule has 2 N–H and O–H groups in total. The number of fused-ring (bicyclic) bond motifs is 1. The summed E-state index contributed by atoms with van der Waals surface area (Å²) >= 11 is 1.77. The van der Waals surface area contributed by atoms with E-state index in [0.29, 0.717) is 0 Å². The molecular weight excluding hydrogens is 250 g/mol. The van der Waals surface area contributed by atoms with Crippen molar-refractivity contribution in [2.24, 2.45) is 0 Å². The van der Waals surface area contributed by atoms with Crippen LogP contribution in [0.25, 0.3) is 20.9 Å². The fraction of sp³-hybridized carbons (Fsp3) is 0.118. The average molecular weight is 268 g/mol. The second kappa shape index (κ2) is 6.30. The summed E-state index contributed by atoms with van der Waals surface area (Å²) in [6.45, 7) is 4.00. The highest BCUT2D eigenvalue weighted by Gasteiger charge is 2.05. The minimum Gasteiger partial charge on any atom is -0.254 e. The van der Waals surface area contributed by atoms with Crippen molar-refractivity contribution in [3.63, 3.8) is 0 Å². The molecule has 0 fully saturated rings. The van der Waals surface area contributed by atoms with E-state index in [1.54, 1.807) is 11.3 Å². The maximum absolute atomic E-state index is 5.82. The lowest BCUT2D eigenvalue weighted by atomic mass is 10.1. The minimum atomic E-state index is 0.818. The van der Waals surface area contributed by atoms with Gasteiger partial charge in [0.15, 0.2) is 5.36 Å². The molecule has 3 rings (SSSR count). The molecule has 0 atom stereocenters. The van der Waals surface area contributed by atoms with Gasteiger partial charge in [0.05, 0.1) is 0 Å². The van der Waals surface area contributed by atoms with E-state index < -0.39 is 0 Å². The van der Waals surface area contributed by atoms with Gasteiger partial charge in [-0.2, -0.15) is 0 Å². The predicted molar refractivity (Wildman–Crippen MR) is 82.8 cm³/mol. The molecular formula is C17H18NS+. The van der Waals surface area contributed by atoms with E-state index in [1.165, 1.54) is 20.9 Å². The first-order valence-electron chi connectivity index (χ1n) is 6.51. The summed E-state index contributed by atoms with van der Waals surface area (Å²) in [6, 6.07) is 20.8. The Morgan fingerprint density at radius 3 is 2.11 bits per heavy atom. The van der Waals surface area contributed by atoms with Crippen LogP contribution in [-0.4, -0.2) is 0 Å². The Kier molecular flexibility index (Phi) is 4.48. The molecule has 0 unspecified atom stereocenters. The molecule has 96 valence electrons. The summed E-state index contributed by atoms with van der Waals surface area (Å²) in [6.07, 6.45) is 0. The van der Waals surface area contributed by atoms with Crippen LogP contribution in [-0.2, 0) is 0 Å². The first-order valence-corrected chi connectivity index (χ1v) is 7.32. The van der Waals surface area contributed by atoms with E-state index in [1.807, 2.05) is 32.0 Å². The fourth-order valence-corrected chi connectivity index (χ4v) is 2.93. The van der Waals surface area contributed by atoms with Gasteiger partial charge in [-0.05, 0) is 23.3 Å². The van der Waals surface area contributed by atoms with Crippen LogP contribution in [0.5, 0.6) is 0 Å². The normalized spacial score (nSPS) is 9.79. The van der Waals surface area contributed by atoms with Gasteiger partial charge in [-0.3, -0.25) is 5.41 Å². The maximum Gasteiger partial charge on any atom is 0.198 e. The molecule has 1 aliphatic carbocycles. The summed E-state index contributed by atoms with van der Waals surface area (Å²) < 4.78 is 0. The number of hydrogen-bond donors (Lipinski definition) is 1. The zero-order valence-electron chi connectivity index (χ0n) is 11.3. The highest BCUT2D eigenvalue weighted by molar-refractivity contribution is 7.18. The lowest BCUT2D eigenvalue weighted by Crippen LogP contribution is -2.44. The van der Waals surface area contributed by atoms with Crippen LogP contribution in [0, 0.1) is 0 Å². The van der Waals surface area contributed by atoms with Crippen molar-refractivity contribution in [3.8, 4) is 20.9 Å². The predicted octanol–water partition coefficient (Wildman–Crippen LogP) is 3.21. The van der Waals surface area contributed by atoms with Gasteiger partial charge in [0.1, 0.15) is 0 Å². The monoisotopic (exact) mass is 268 g/mol. The van der Waals surface area contributed by atoms with Gasteiger partial charge >= 0.3 is 0 Å². The van der Waals surface area contributed by atoms with Crippen LogP contribution in [0.4, 0.5) is 0 Å². The molecule has 0 saturated carbocycles. The highest BCUT2D eigenvalue weighted by atomic mass is 32.1. The zero-order chi connectivity index (χ0) is 13.7. The standard InChI is InChI=1S/C15H11NS.C2H6/c16-13-8-6-12-7-9-14(17-15(12)10-13)11-4-2-1-3-5-11;1-2/h1-10,16H;1-2H3/p+1. The second-order valence-electron chi connectivity index (χ2n) is 3.96. The third-order valence-electron chi connectivity index (χ3n) is 2.73. The zero-order valence-corrected chi connectivity index (χ0v) is 12.1. The smallest absolute Gasteiger partial charge is 0.198 e. The molecule has 0 radical (unpaired) electrons. The summed E-state index contributed by atoms with van der Waals surface area (Å²) in [4.78, 5) is 2.50. The van der Waals surface area contributed by atoms with Crippen LogP contribution < -0.4 is 10.8 Å². The summed E-state index contributed by atoms with van der Waals surface area (Å²) in [7, 11) is 0. The molecule has 0 bridgehead atoms. The fourth-order valence-electron chi connectivity index (χ4n) is 1.85. The third-order valence-corrected chi connectivity index (χ3v) is 3.90. The first kappa shape index (κ1) is 13.5. The van der Waals surface area contributed by atoms with Gasteiger partial charge in [0.2, 0.25) is 0 Å². The Bertz CT molecular complexity index is 670. The Morgan fingerprint density at radius 1 is 0.737 bits per heavy atom. The lowest BCUT2D eigenvalue weighted by molar-refractivity contribution is -0.172. The topological polar surface area (TPSA) is 25.6 Å². The van der Waals surface area contributed by atoms with E-state index in [9.17, 15) is 0 Å². The van der Waals surface area contributed by atoms with Crippen molar-refractivity contribution in [1.29, 1.82) is 0 Å². The molecule has 19 heavy (non-hydrogen) atoms. The van der Waals surface area contributed by atoms with Crippen molar-refractivity contribution >= 4 is 11.3 Å². The lowest BCUT2D eigenvalue weighted by Gasteiger charge is -2.06. The number of hydrogen-bond acceptors (Lipinski definition) is 1. The van der Waals surface area contributed by atoms with E-state index in [-0.39, 0.29) is 0 Å². The van der Waals surface area contributed by atoms with Crippen molar-refractivity contribution < 1.29 is 5.41 Å². The molecule has 1 heterocycles. The third kappa shape index (κ3) is 3.09. The van der Waals surface area contributed by atoms with Gasteiger partial charge in [-0.1, -0.05) is 50.2 Å². The van der Waals surface area contributed by atoms with Gasteiger partial charge < -0.3 is 0 Å². The van der Waals surface area contributed by atoms with Crippen LogP contribution in [0.3, 0.4) is 0 Å². The molecule has 1 aromatic carbocycles. The quantitative estimate of drug-likeness (QED) is 0.701. The Morgan fingerprint density at radius 2 is 1.37 bits per heavy atom. The maximum atomic E-state index is 5.82. The molecule has 0 aromatic heterocycles. The Labute approximate surface area is 118 Å². The van der Waals surface area contributed by atoms with E-state index in [0.717, 1.165) is 5.36 Å². The van der Waals surface area contributed by atoms with E-state index >= 15 is 0 Å². The van der Waals surface area contributed by atoms with Gasteiger partial charge in [-0.25, -0.2) is 0 Å². The summed E-state index contributed by atoms with van der Waals surface area (Å²) in [5.41, 5.74) is 2.49. The van der Waals surface area contributed by atoms with E-state index in [2.05, 4.69) is 42.5 Å². The molecule has 0 spiro atoms. The molecule has 1 nitrogen and oxygen atoms in total. The Balaban J connectivity index is 0.000000637. The number of benzene rings is 2. The average Bonchev–Trinajstić information content (AvgIpc) is 2.49. The van der Waals surface area contributed by atoms with Crippen molar-refractivity contribution in [2.45, 2.75) is 13.8 Å². The first-order chi connectivity index (χ1) is 9.33. The van der Waals surface area contributed by atoms with Crippen molar-refractivity contribution in [3.05, 3.63) is 66.0 Å². The van der Waals surface area contributed by atoms with Crippen LogP contribution in [0.15, 0.2) is 60.7 Å². The minimum absolute atomic E-state index is 0.818. The molecule has 1 aromatic rings. The van der Waals surface area contributed by atoms with Crippen molar-refractivity contribution in [2.75, 3.05) is 0 Å². The number of nitrogens with two attached hydrogens (primary N) is 1. The Hall–Kier alpha value is -1.93. The molecule has 0 amide bonds. The van der Waals surface area contributed by atoms with Crippen LogP contribution in [0.1, 0.15) is 13.8 Å². The number of rotatable bonds is 1. The van der Waals surface area contributed by atoms with Gasteiger partial charge in [-0.15, -0.1) is 11.3 Å². The molecule has 2 heteroatoms. The van der Waals surface area contributed by atoms with Gasteiger partial charge in [0, 0.05) is 21.9 Å². The van der Waals surface area contributed by atoms with Crippen LogP contribution >= 0.6 is 11.3 Å². The molecule has 0 saturated heterocycles. The summed E-state index contributed by atoms with van der Waals surface area (Å²) in [5.74, 6) is 0. The largest absolute Gasteiger partial charge is 0.254 e. The second-order valence-corrected chi connectivity index (χ2v) is 5.05. The van der Waals surface area contributed by atoms with Gasteiger partial charge in [0.25, 0.3) is 0 Å². The van der Waals surface area contributed by atoms with Crippen molar-refractivity contribution in [1.82, 2.24) is 0 Å². The SMILES string of the molecule is CC.[NH2+]=c1ccc2ccc(-c3ccccc3)sc-2c1. The van der Waals surface area contributed by atoms with Crippen LogP contribution in [0.2, 0.25) is 0 Å². The highest BCUT2D eigenvalue weighted by Crippen LogP contribution is 2.32. The molecule has 2 aliphatic rings. The molecule has 1 aliphatic heterocycles. The summed E-state index contributed by atoms with van der Waals surface area (Å²) in [5, 5.41) is 6.64. The van der Waals surface area contributed by atoms with E-state index in [4.69, 9.17) is 5.41 Å².